The quantitative estimate of drug-likeness (QED) is 0.325. The van der Waals surface area contributed by atoms with E-state index in [0.29, 0.717) is 16.9 Å². The Morgan fingerprint density at radius 2 is 1.69 bits per heavy atom. The first kappa shape index (κ1) is 23.7. The topological polar surface area (TPSA) is 140 Å². The molecule has 1 aliphatic carbocycles. The van der Waals surface area contributed by atoms with Gasteiger partial charge in [-0.15, -0.1) is 0 Å². The zero-order chi connectivity index (χ0) is 25.3. The number of carbonyl (C=O) groups is 1. The Morgan fingerprint density at radius 1 is 1.00 bits per heavy atom. The number of sulfonamides is 1. The van der Waals surface area contributed by atoms with Gasteiger partial charge in [0.1, 0.15) is 6.04 Å². The number of nitrogens with one attached hydrogen (secondary N) is 2. The van der Waals surface area contributed by atoms with Crippen LogP contribution >= 0.6 is 0 Å². The summed E-state index contributed by atoms with van der Waals surface area (Å²) < 4.78 is 33.9. The first-order chi connectivity index (χ1) is 17.2. The zero-order valence-corrected chi connectivity index (χ0v) is 20.3. The molecular formula is C26H25N5O4S. The number of aromatic nitrogens is 2. The van der Waals surface area contributed by atoms with Crippen molar-refractivity contribution in [3.8, 4) is 11.4 Å². The van der Waals surface area contributed by atoms with Gasteiger partial charge in [-0.1, -0.05) is 54.5 Å². The molecule has 1 amide bonds. The van der Waals surface area contributed by atoms with E-state index in [4.69, 9.17) is 10.3 Å². The molecule has 36 heavy (non-hydrogen) atoms. The molecule has 1 saturated carbocycles. The average Bonchev–Trinajstić information content (AvgIpc) is 3.45. The molecule has 9 nitrogen and oxygen atoms in total. The lowest BCUT2D eigenvalue weighted by Crippen LogP contribution is -2.21. The first-order valence-corrected chi connectivity index (χ1v) is 12.9. The standard InChI is InChI=1S/C26H25N5O4S/c1-26(14-15-26)25(32)28-19-10-12-20(13-11-19)31-36(33,34)21-9-5-8-18(16-21)23-29-24(35-30-23)22(27)17-6-3-2-4-7-17/h2-13,16,22,31H,14-15,27H2,1H3,(H,28,32)/t22-/m0/s1. The molecule has 0 spiro atoms. The van der Waals surface area contributed by atoms with Gasteiger partial charge in [-0.2, -0.15) is 4.98 Å². The van der Waals surface area contributed by atoms with Gasteiger partial charge < -0.3 is 15.6 Å². The van der Waals surface area contributed by atoms with Crippen molar-refractivity contribution in [2.75, 3.05) is 10.0 Å². The Bertz CT molecular complexity index is 1500. The largest absolute Gasteiger partial charge is 0.337 e. The van der Waals surface area contributed by atoms with Gasteiger partial charge in [0.15, 0.2) is 0 Å². The average molecular weight is 504 g/mol. The third-order valence-corrected chi connectivity index (χ3v) is 7.59. The zero-order valence-electron chi connectivity index (χ0n) is 19.5. The highest BCUT2D eigenvalue weighted by molar-refractivity contribution is 7.92. The summed E-state index contributed by atoms with van der Waals surface area (Å²) in [5.41, 5.74) is 8.20. The van der Waals surface area contributed by atoms with Crippen molar-refractivity contribution >= 4 is 27.3 Å². The normalized spacial score (nSPS) is 15.2. The molecule has 0 unspecified atom stereocenters. The Hall–Kier alpha value is -4.02. The molecule has 1 heterocycles. The van der Waals surface area contributed by atoms with Gasteiger partial charge in [0.05, 0.1) is 4.90 Å². The third-order valence-electron chi connectivity index (χ3n) is 6.21. The monoisotopic (exact) mass is 503 g/mol. The molecular weight excluding hydrogens is 478 g/mol. The molecule has 0 bridgehead atoms. The van der Waals surface area contributed by atoms with Crippen molar-refractivity contribution < 1.29 is 17.7 Å². The second-order valence-corrected chi connectivity index (χ2v) is 10.8. The van der Waals surface area contributed by atoms with E-state index in [0.717, 1.165) is 18.4 Å². The van der Waals surface area contributed by atoms with Crippen LogP contribution in [-0.4, -0.2) is 24.5 Å². The maximum atomic E-state index is 13.0. The molecule has 0 saturated heterocycles. The first-order valence-electron chi connectivity index (χ1n) is 11.4. The van der Waals surface area contributed by atoms with E-state index in [1.165, 1.54) is 12.1 Å². The van der Waals surface area contributed by atoms with Crippen molar-refractivity contribution in [1.82, 2.24) is 10.1 Å². The fourth-order valence-electron chi connectivity index (χ4n) is 3.62. The fourth-order valence-corrected chi connectivity index (χ4v) is 4.72. The predicted octanol–water partition coefficient (Wildman–Crippen LogP) is 4.32. The Labute approximate surface area is 208 Å². The van der Waals surface area contributed by atoms with Crippen LogP contribution in [0.1, 0.15) is 37.3 Å². The molecule has 184 valence electrons. The van der Waals surface area contributed by atoms with Gasteiger partial charge in [-0.3, -0.25) is 9.52 Å². The molecule has 10 heteroatoms. The highest BCUT2D eigenvalue weighted by Gasteiger charge is 2.44. The van der Waals surface area contributed by atoms with Crippen molar-refractivity contribution in [3.05, 3.63) is 90.3 Å². The van der Waals surface area contributed by atoms with Gasteiger partial charge in [0.2, 0.25) is 17.6 Å². The lowest BCUT2D eigenvalue weighted by atomic mass is 10.1. The summed E-state index contributed by atoms with van der Waals surface area (Å²) in [6.07, 6.45) is 1.75. The Balaban J connectivity index is 1.30. The van der Waals surface area contributed by atoms with E-state index in [9.17, 15) is 13.2 Å². The van der Waals surface area contributed by atoms with Crippen LogP contribution in [0.25, 0.3) is 11.4 Å². The van der Waals surface area contributed by atoms with Crippen LogP contribution in [0.3, 0.4) is 0 Å². The van der Waals surface area contributed by atoms with Gasteiger partial charge in [-0.05, 0) is 54.8 Å². The smallest absolute Gasteiger partial charge is 0.261 e. The van der Waals surface area contributed by atoms with E-state index in [2.05, 4.69) is 20.2 Å². The third kappa shape index (κ3) is 5.00. The minimum Gasteiger partial charge on any atom is -0.337 e. The summed E-state index contributed by atoms with van der Waals surface area (Å²) in [5.74, 6) is 0.435. The van der Waals surface area contributed by atoms with Crippen molar-refractivity contribution in [2.45, 2.75) is 30.7 Å². The van der Waals surface area contributed by atoms with Crippen LogP contribution in [0.2, 0.25) is 0 Å². The number of anilines is 2. The highest BCUT2D eigenvalue weighted by atomic mass is 32.2. The van der Waals surface area contributed by atoms with E-state index in [-0.39, 0.29) is 27.9 Å². The Morgan fingerprint density at radius 3 is 2.39 bits per heavy atom. The van der Waals surface area contributed by atoms with Crippen molar-refractivity contribution in [3.63, 3.8) is 0 Å². The van der Waals surface area contributed by atoms with Crippen LogP contribution in [0.5, 0.6) is 0 Å². The minimum absolute atomic E-state index is 0.0259. The van der Waals surface area contributed by atoms with Crippen LogP contribution in [0.15, 0.2) is 88.3 Å². The van der Waals surface area contributed by atoms with E-state index in [1.807, 2.05) is 37.3 Å². The summed E-state index contributed by atoms with van der Waals surface area (Å²) in [6, 6.07) is 21.5. The molecule has 0 aliphatic heterocycles. The number of carbonyl (C=O) groups excluding carboxylic acids is 1. The molecule has 5 rings (SSSR count). The summed E-state index contributed by atoms with van der Waals surface area (Å²) in [4.78, 5) is 16.6. The second kappa shape index (κ2) is 9.21. The minimum atomic E-state index is -3.89. The predicted molar refractivity (Wildman–Crippen MR) is 135 cm³/mol. The lowest BCUT2D eigenvalue weighted by Gasteiger charge is -2.12. The number of hydrogen-bond acceptors (Lipinski definition) is 7. The summed E-state index contributed by atoms with van der Waals surface area (Å²) in [5, 5.41) is 6.84. The van der Waals surface area contributed by atoms with E-state index >= 15 is 0 Å². The van der Waals surface area contributed by atoms with Crippen LogP contribution in [0.4, 0.5) is 11.4 Å². The number of amides is 1. The molecule has 1 fully saturated rings. The molecule has 4 N–H and O–H groups in total. The van der Waals surface area contributed by atoms with Crippen LogP contribution in [0, 0.1) is 5.41 Å². The maximum absolute atomic E-state index is 13.0. The number of rotatable bonds is 8. The van der Waals surface area contributed by atoms with Crippen LogP contribution < -0.4 is 15.8 Å². The summed E-state index contributed by atoms with van der Waals surface area (Å²) in [7, 11) is -3.89. The molecule has 4 aromatic rings. The fraction of sp³-hybridized carbons (Fsp3) is 0.192. The van der Waals surface area contributed by atoms with Gasteiger partial charge in [-0.25, -0.2) is 8.42 Å². The molecule has 1 atom stereocenters. The van der Waals surface area contributed by atoms with Gasteiger partial charge >= 0.3 is 0 Å². The van der Waals surface area contributed by atoms with Gasteiger partial charge in [0.25, 0.3) is 10.0 Å². The molecule has 1 aliphatic rings. The van der Waals surface area contributed by atoms with Gasteiger partial charge in [0, 0.05) is 22.4 Å². The van der Waals surface area contributed by atoms with Crippen LogP contribution in [-0.2, 0) is 14.8 Å². The number of hydrogen-bond donors (Lipinski definition) is 3. The van der Waals surface area contributed by atoms with Crippen molar-refractivity contribution in [1.29, 1.82) is 0 Å². The Kier molecular flexibility index (Phi) is 6.07. The second-order valence-electron chi connectivity index (χ2n) is 9.07. The molecule has 3 aromatic carbocycles. The molecule has 1 aromatic heterocycles. The lowest BCUT2D eigenvalue weighted by molar-refractivity contribution is -0.120. The highest BCUT2D eigenvalue weighted by Crippen LogP contribution is 2.45. The number of benzene rings is 3. The summed E-state index contributed by atoms with van der Waals surface area (Å²) >= 11 is 0. The van der Waals surface area contributed by atoms with Crippen molar-refractivity contribution in [2.24, 2.45) is 11.1 Å². The SMILES string of the molecule is CC1(C(=O)Nc2ccc(NS(=O)(=O)c3cccc(-c4noc([C@@H](N)c5ccccc5)n4)c3)cc2)CC1. The molecule has 0 radical (unpaired) electrons. The maximum Gasteiger partial charge on any atom is 0.261 e. The van der Waals surface area contributed by atoms with E-state index < -0.39 is 16.1 Å². The number of nitrogens with two attached hydrogens (primary N) is 1. The summed E-state index contributed by atoms with van der Waals surface area (Å²) in [6.45, 7) is 1.92. The van der Waals surface area contributed by atoms with E-state index in [1.54, 1.807) is 36.4 Å². The number of nitrogens with zero attached hydrogens (tertiary/aromatic N) is 2.